The SMILES string of the molecule is CSc1ccnc(C[S@@](=O)c2nc3ccccc3[nH]2)c1C. The Hall–Kier alpha value is -1.66. The summed E-state index contributed by atoms with van der Waals surface area (Å²) in [5.74, 6) is 0.375. The van der Waals surface area contributed by atoms with Gasteiger partial charge in [0, 0.05) is 11.1 Å². The van der Waals surface area contributed by atoms with Gasteiger partial charge in [0.25, 0.3) is 0 Å². The lowest BCUT2D eigenvalue weighted by Gasteiger charge is -2.07. The highest BCUT2D eigenvalue weighted by atomic mass is 32.2. The molecule has 0 amide bonds. The van der Waals surface area contributed by atoms with E-state index in [9.17, 15) is 4.21 Å². The van der Waals surface area contributed by atoms with Crippen LogP contribution in [0.2, 0.25) is 0 Å². The summed E-state index contributed by atoms with van der Waals surface area (Å²) < 4.78 is 12.5. The fourth-order valence-corrected chi connectivity index (χ4v) is 3.88. The van der Waals surface area contributed by atoms with Gasteiger partial charge in [0.2, 0.25) is 0 Å². The lowest BCUT2D eigenvalue weighted by atomic mass is 10.2. The molecule has 3 aromatic rings. The number of thioether (sulfide) groups is 1. The molecule has 0 saturated heterocycles. The second-order valence-corrected chi connectivity index (χ2v) is 6.85. The molecule has 0 aliphatic carbocycles. The molecule has 2 heterocycles. The fourth-order valence-electron chi connectivity index (χ4n) is 2.16. The molecule has 0 saturated carbocycles. The maximum atomic E-state index is 12.5. The zero-order valence-corrected chi connectivity index (χ0v) is 13.4. The van der Waals surface area contributed by atoms with Crippen LogP contribution in [0.4, 0.5) is 0 Å². The van der Waals surface area contributed by atoms with Gasteiger partial charge in [-0.05, 0) is 36.9 Å². The van der Waals surface area contributed by atoms with E-state index in [1.807, 2.05) is 43.5 Å². The van der Waals surface area contributed by atoms with Crippen molar-refractivity contribution in [1.29, 1.82) is 0 Å². The molecule has 0 spiro atoms. The Bertz CT molecular complexity index is 781. The van der Waals surface area contributed by atoms with Gasteiger partial charge in [0.05, 0.1) is 33.3 Å². The topological polar surface area (TPSA) is 58.6 Å². The average Bonchev–Trinajstić information content (AvgIpc) is 2.93. The largest absolute Gasteiger partial charge is 0.331 e. The minimum Gasteiger partial charge on any atom is -0.331 e. The van der Waals surface area contributed by atoms with Crippen LogP contribution < -0.4 is 0 Å². The monoisotopic (exact) mass is 317 g/mol. The predicted octanol–water partition coefficient (Wildman–Crippen LogP) is 3.30. The highest BCUT2D eigenvalue weighted by molar-refractivity contribution is 7.98. The van der Waals surface area contributed by atoms with Crippen molar-refractivity contribution in [2.45, 2.75) is 22.7 Å². The number of aromatic nitrogens is 3. The van der Waals surface area contributed by atoms with Gasteiger partial charge in [-0.15, -0.1) is 11.8 Å². The van der Waals surface area contributed by atoms with Crippen molar-refractivity contribution in [1.82, 2.24) is 15.0 Å². The molecule has 4 nitrogen and oxygen atoms in total. The van der Waals surface area contributed by atoms with Crippen LogP contribution in [0, 0.1) is 6.92 Å². The van der Waals surface area contributed by atoms with E-state index in [4.69, 9.17) is 0 Å². The Morgan fingerprint density at radius 3 is 2.86 bits per heavy atom. The molecule has 0 unspecified atom stereocenters. The maximum absolute atomic E-state index is 12.5. The third kappa shape index (κ3) is 2.87. The lowest BCUT2D eigenvalue weighted by molar-refractivity contribution is 0.676. The summed E-state index contributed by atoms with van der Waals surface area (Å²) in [5, 5.41) is 0.506. The van der Waals surface area contributed by atoms with Crippen LogP contribution in [0.1, 0.15) is 11.3 Å². The van der Waals surface area contributed by atoms with Gasteiger partial charge >= 0.3 is 0 Å². The Morgan fingerprint density at radius 2 is 2.10 bits per heavy atom. The molecule has 2 aromatic heterocycles. The summed E-state index contributed by atoms with van der Waals surface area (Å²) in [6.07, 6.45) is 3.80. The molecule has 1 aromatic carbocycles. The van der Waals surface area contributed by atoms with Gasteiger partial charge in [-0.1, -0.05) is 12.1 Å². The number of rotatable bonds is 4. The average molecular weight is 317 g/mol. The molecule has 1 atom stereocenters. The van der Waals surface area contributed by atoms with Crippen molar-refractivity contribution in [2.75, 3.05) is 6.26 Å². The summed E-state index contributed by atoms with van der Waals surface area (Å²) in [7, 11) is -1.23. The Balaban J connectivity index is 1.89. The first-order valence-corrected chi connectivity index (χ1v) is 9.05. The standard InChI is InChI=1S/C15H15N3OS2/c1-10-13(16-8-7-14(10)20-2)9-21(19)15-17-11-5-3-4-6-12(11)18-15/h3-8H,9H2,1-2H3,(H,17,18)/t21-/m1/s1. The molecule has 6 heteroatoms. The first kappa shape index (κ1) is 14.3. The van der Waals surface area contributed by atoms with Crippen molar-refractivity contribution < 1.29 is 4.21 Å². The second-order valence-electron chi connectivity index (χ2n) is 4.63. The number of fused-ring (bicyclic) bond motifs is 1. The summed E-state index contributed by atoms with van der Waals surface area (Å²) in [5.41, 5.74) is 3.70. The maximum Gasteiger partial charge on any atom is 0.197 e. The number of nitrogens with zero attached hydrogens (tertiary/aromatic N) is 2. The number of para-hydroxylation sites is 2. The van der Waals surface area contributed by atoms with E-state index in [1.165, 1.54) is 4.90 Å². The van der Waals surface area contributed by atoms with E-state index >= 15 is 0 Å². The molecule has 3 rings (SSSR count). The van der Waals surface area contributed by atoms with Crippen LogP contribution in [0.5, 0.6) is 0 Å². The number of H-pyrrole nitrogens is 1. The molecular weight excluding hydrogens is 302 g/mol. The third-order valence-corrected chi connectivity index (χ3v) is 5.37. The third-order valence-electron chi connectivity index (χ3n) is 3.33. The van der Waals surface area contributed by atoms with Gasteiger partial charge < -0.3 is 4.98 Å². The molecule has 0 aliphatic heterocycles. The first-order chi connectivity index (χ1) is 10.2. The number of hydrogen-bond acceptors (Lipinski definition) is 4. The number of imidazole rings is 1. The smallest absolute Gasteiger partial charge is 0.197 e. The summed E-state index contributed by atoms with van der Waals surface area (Å²) in [4.78, 5) is 13.0. The Morgan fingerprint density at radius 1 is 1.29 bits per heavy atom. The van der Waals surface area contributed by atoms with Crippen LogP contribution in [0.15, 0.2) is 46.6 Å². The van der Waals surface area contributed by atoms with Crippen LogP contribution in [-0.2, 0) is 16.6 Å². The predicted molar refractivity (Wildman–Crippen MR) is 87.0 cm³/mol. The summed E-state index contributed by atoms with van der Waals surface area (Å²) in [6.45, 7) is 2.02. The van der Waals surface area contributed by atoms with E-state index in [1.54, 1.807) is 18.0 Å². The van der Waals surface area contributed by atoms with Gasteiger partial charge in [0.15, 0.2) is 5.16 Å². The zero-order valence-electron chi connectivity index (χ0n) is 11.8. The Labute approximate surface area is 129 Å². The van der Waals surface area contributed by atoms with Crippen LogP contribution in [0.3, 0.4) is 0 Å². The molecule has 108 valence electrons. The molecule has 1 N–H and O–H groups in total. The van der Waals surface area contributed by atoms with Crippen LogP contribution in [0.25, 0.3) is 11.0 Å². The van der Waals surface area contributed by atoms with Crippen molar-refractivity contribution in [2.24, 2.45) is 0 Å². The first-order valence-electron chi connectivity index (χ1n) is 6.50. The number of nitrogens with one attached hydrogen (secondary N) is 1. The molecule has 0 radical (unpaired) electrons. The molecule has 0 fully saturated rings. The Kier molecular flexibility index (Phi) is 4.07. The fraction of sp³-hybridized carbons (Fsp3) is 0.200. The number of hydrogen-bond donors (Lipinski definition) is 1. The number of benzene rings is 1. The van der Waals surface area contributed by atoms with Gasteiger partial charge in [0.1, 0.15) is 0 Å². The van der Waals surface area contributed by atoms with E-state index in [2.05, 4.69) is 15.0 Å². The van der Waals surface area contributed by atoms with Gasteiger partial charge in [-0.2, -0.15) is 0 Å². The molecule has 21 heavy (non-hydrogen) atoms. The minimum atomic E-state index is -1.23. The van der Waals surface area contributed by atoms with E-state index < -0.39 is 10.8 Å². The quantitative estimate of drug-likeness (QED) is 0.750. The van der Waals surface area contributed by atoms with Crippen LogP contribution >= 0.6 is 11.8 Å². The highest BCUT2D eigenvalue weighted by Crippen LogP contribution is 2.23. The van der Waals surface area contributed by atoms with Crippen molar-refractivity contribution >= 4 is 33.6 Å². The number of pyridine rings is 1. The zero-order chi connectivity index (χ0) is 14.8. The van der Waals surface area contributed by atoms with E-state index in [0.29, 0.717) is 10.9 Å². The molecular formula is C15H15N3OS2. The van der Waals surface area contributed by atoms with Gasteiger partial charge in [-0.25, -0.2) is 4.98 Å². The normalized spacial score (nSPS) is 12.7. The number of aromatic amines is 1. The molecule has 0 aliphatic rings. The van der Waals surface area contributed by atoms with E-state index in [-0.39, 0.29) is 0 Å². The van der Waals surface area contributed by atoms with Crippen LogP contribution in [-0.4, -0.2) is 25.4 Å². The molecule has 0 bridgehead atoms. The van der Waals surface area contributed by atoms with E-state index in [0.717, 1.165) is 22.3 Å². The summed E-state index contributed by atoms with van der Waals surface area (Å²) in [6, 6.07) is 9.67. The van der Waals surface area contributed by atoms with Crippen molar-refractivity contribution in [3.05, 3.63) is 47.8 Å². The van der Waals surface area contributed by atoms with Gasteiger partial charge in [-0.3, -0.25) is 9.19 Å². The second kappa shape index (κ2) is 5.99. The summed E-state index contributed by atoms with van der Waals surface area (Å²) >= 11 is 1.67. The van der Waals surface area contributed by atoms with Crippen molar-refractivity contribution in [3.8, 4) is 0 Å². The highest BCUT2D eigenvalue weighted by Gasteiger charge is 2.14. The minimum absolute atomic E-state index is 0.375. The van der Waals surface area contributed by atoms with Crippen molar-refractivity contribution in [3.63, 3.8) is 0 Å². The lowest BCUT2D eigenvalue weighted by Crippen LogP contribution is -2.03.